The zero-order valence-corrected chi connectivity index (χ0v) is 59.4. The lowest BCUT2D eigenvalue weighted by atomic mass is 9.72. The molecule has 4 aliphatic rings. The first-order chi connectivity index (χ1) is 46.9. The fourth-order valence-electron chi connectivity index (χ4n) is 14.3. The van der Waals surface area contributed by atoms with Crippen molar-refractivity contribution in [3.05, 3.63) is 190 Å². The molecule has 2 N–H and O–H groups in total. The van der Waals surface area contributed by atoms with E-state index in [-0.39, 0.29) is 92.7 Å². The Balaban J connectivity index is 0.00000477. The van der Waals surface area contributed by atoms with Crippen LogP contribution in [0.5, 0.6) is 0 Å². The number of likely N-dealkylation sites (N-methyl/N-ethyl adjacent to an activating group) is 2. The minimum Gasteiger partial charge on any atom is -0.465 e. The number of alkyl halides is 6. The van der Waals surface area contributed by atoms with Gasteiger partial charge in [0.25, 0.3) is 11.8 Å². The Hall–Kier alpha value is -7.51. The molecule has 0 radical (unpaired) electrons. The van der Waals surface area contributed by atoms with Gasteiger partial charge in [-0.05, 0) is 154 Å². The van der Waals surface area contributed by atoms with Gasteiger partial charge in [0.2, 0.25) is 11.8 Å². The molecule has 0 aromatic heterocycles. The van der Waals surface area contributed by atoms with E-state index in [2.05, 4.69) is 27.2 Å². The van der Waals surface area contributed by atoms with Gasteiger partial charge in [0.15, 0.2) is 0 Å². The minimum atomic E-state index is -5.15. The molecule has 6 aromatic rings. The van der Waals surface area contributed by atoms with Crippen molar-refractivity contribution in [2.45, 2.75) is 113 Å². The molecule has 6 aromatic carbocycles. The molecular weight excluding hydrogens is 1380 g/mol. The Kier molecular flexibility index (Phi) is 28.9. The maximum atomic E-state index is 14.2. The van der Waals surface area contributed by atoms with E-state index >= 15 is 0 Å². The number of ether oxygens (including phenoxy) is 2. The predicted octanol–water partition coefficient (Wildman–Crippen LogP) is 14.6. The molecular formula is C75H90Cl3F7N8O8. The number of carbonyl (C=O) groups excluding carboxylic acids is 4. The van der Waals surface area contributed by atoms with E-state index in [4.69, 9.17) is 9.47 Å². The number of carbonyl (C=O) groups is 5. The molecule has 0 saturated carbocycles. The minimum absolute atomic E-state index is 0. The van der Waals surface area contributed by atoms with Crippen molar-refractivity contribution in [2.24, 2.45) is 0 Å². The van der Waals surface area contributed by atoms with Gasteiger partial charge in [-0.25, -0.2) is 9.18 Å². The molecule has 0 bridgehead atoms. The fraction of sp³-hybridized carbons (Fsp3) is 0.453. The lowest BCUT2D eigenvalue weighted by Crippen LogP contribution is -2.50. The van der Waals surface area contributed by atoms with E-state index in [0.717, 1.165) is 84.7 Å². The highest BCUT2D eigenvalue weighted by Crippen LogP contribution is 2.49. The van der Waals surface area contributed by atoms with Crippen LogP contribution in [0.3, 0.4) is 0 Å². The number of rotatable bonds is 27. The number of nitrogens with one attached hydrogen (secondary N) is 1. The predicted molar refractivity (Wildman–Crippen MR) is 382 cm³/mol. The zero-order chi connectivity index (χ0) is 69.8. The Labute approximate surface area is 604 Å². The largest absolute Gasteiger partial charge is 0.465 e. The first-order valence-electron chi connectivity index (χ1n) is 33.8. The van der Waals surface area contributed by atoms with Crippen molar-refractivity contribution in [1.29, 1.82) is 0 Å². The maximum Gasteiger partial charge on any atom is 0.416 e. The number of para-hydroxylation sites is 1. The van der Waals surface area contributed by atoms with Crippen molar-refractivity contribution < 1.29 is 69.3 Å². The maximum absolute atomic E-state index is 14.2. The molecule has 1 spiro atoms. The second-order valence-corrected chi connectivity index (χ2v) is 26.5. The van der Waals surface area contributed by atoms with Crippen LogP contribution in [0.2, 0.25) is 0 Å². The van der Waals surface area contributed by atoms with Crippen LogP contribution in [0, 0.1) is 5.82 Å². The van der Waals surface area contributed by atoms with E-state index in [1.807, 2.05) is 85.9 Å². The number of likely N-dealkylation sites (tertiary alicyclic amines) is 2. The molecule has 26 heteroatoms. The number of unbranched alkanes of at least 4 members (excludes halogenated alkanes) is 3. The van der Waals surface area contributed by atoms with Crippen LogP contribution in [-0.2, 0) is 48.9 Å². The van der Waals surface area contributed by atoms with Gasteiger partial charge >= 0.3 is 18.4 Å². The number of anilines is 2. The van der Waals surface area contributed by atoms with Crippen LogP contribution < -0.4 is 10.2 Å². The van der Waals surface area contributed by atoms with E-state index < -0.39 is 64.6 Å². The highest BCUT2D eigenvalue weighted by atomic mass is 35.5. The molecule has 2 atom stereocenters. The SMILES string of the molecule is CN(CCN1CCC(N(C(=O)O)c2ccccc2-c2ccccc2)CC1)C(=O)CCCCCCNc1ccc(C(=O)N(C)CCCN(C)C(=O)CO[C@H]2Cc3ccccc3C23CCN(CC[C@@]2(c4ccc(F)cc4)CN(C(=O)c4cc(C(F)(F)F)cc(C(F)(F)F)c4)CO2)CC3)cc1.Cl.Cl.Cl. The Bertz CT molecular complexity index is 3680. The summed E-state index contributed by atoms with van der Waals surface area (Å²) in [6.07, 6.45) is -3.29. The number of carboxylic acid groups (broad SMARTS) is 1. The highest BCUT2D eigenvalue weighted by molar-refractivity contribution is 5.96. The summed E-state index contributed by atoms with van der Waals surface area (Å²) >= 11 is 0. The van der Waals surface area contributed by atoms with Crippen LogP contribution in [0.1, 0.15) is 119 Å². The van der Waals surface area contributed by atoms with Crippen molar-refractivity contribution in [1.82, 2.24) is 29.4 Å². The Morgan fingerprint density at radius 1 is 0.644 bits per heavy atom. The van der Waals surface area contributed by atoms with Gasteiger partial charge in [-0.1, -0.05) is 97.8 Å². The van der Waals surface area contributed by atoms with Gasteiger partial charge < -0.3 is 49.3 Å². The van der Waals surface area contributed by atoms with Gasteiger partial charge in [0.05, 0.1) is 29.5 Å². The van der Waals surface area contributed by atoms with Gasteiger partial charge in [-0.3, -0.25) is 24.1 Å². The topological polar surface area (TPSA) is 159 Å². The molecule has 10 rings (SSSR count). The van der Waals surface area contributed by atoms with Gasteiger partial charge in [0, 0.05) is 114 Å². The van der Waals surface area contributed by atoms with E-state index in [1.54, 1.807) is 40.9 Å². The van der Waals surface area contributed by atoms with Crippen LogP contribution >= 0.6 is 37.2 Å². The number of hydrogen-bond donors (Lipinski definition) is 2. The van der Waals surface area contributed by atoms with E-state index in [9.17, 15) is 59.8 Å². The monoisotopic (exact) mass is 1470 g/mol. The molecule has 3 aliphatic heterocycles. The fourth-order valence-corrected chi connectivity index (χ4v) is 14.3. The van der Waals surface area contributed by atoms with E-state index in [0.29, 0.717) is 113 Å². The molecule has 548 valence electrons. The second-order valence-electron chi connectivity index (χ2n) is 26.5. The third kappa shape index (κ3) is 20.2. The lowest BCUT2D eigenvalue weighted by molar-refractivity contribution is -0.143. The third-order valence-corrected chi connectivity index (χ3v) is 20.1. The average molecular weight is 1470 g/mol. The molecule has 3 saturated heterocycles. The number of benzene rings is 6. The number of amides is 5. The first kappa shape index (κ1) is 80.8. The van der Waals surface area contributed by atoms with Crippen LogP contribution in [0.25, 0.3) is 11.1 Å². The van der Waals surface area contributed by atoms with Crippen molar-refractivity contribution in [2.75, 3.05) is 117 Å². The number of halogens is 10. The molecule has 3 heterocycles. The van der Waals surface area contributed by atoms with Crippen molar-refractivity contribution >= 4 is 78.3 Å². The smallest absolute Gasteiger partial charge is 0.416 e. The summed E-state index contributed by atoms with van der Waals surface area (Å²) < 4.78 is 110. The standard InChI is InChI=1S/C75H87F7N8O8.3ClH/c1-84(37-15-38-86(3)69(93)54-23-29-61(30-24-54)83-36-14-5-4-9-22-67(91)85(2)44-45-87-39-31-62(32-40-87)90(71(95)96)65-21-13-11-19-63(65)53-16-7-6-8-17-53)68(92)50-97-66-48-55-18-10-12-20-64(55)72(66)33-41-88(42-34-72)43-35-73(57-25-27-60(76)28-26-57)51-89(52-98-73)70(94)56-46-58(74(77,78)79)49-59(47-56)75(80,81)82;;;/h6-8,10-13,16-21,23-30,46-47,49,62,66,83H,4-5,9,14-15,22,31-45,48,50-52H2,1-3H3,(H,95,96);3*1H/t66-,73-;;;/m0.../s1. The van der Waals surface area contributed by atoms with Gasteiger partial charge in [-0.15, -0.1) is 37.2 Å². The number of fused-ring (bicyclic) bond motifs is 2. The molecule has 5 amide bonds. The van der Waals surface area contributed by atoms with Gasteiger partial charge in [0.1, 0.15) is 24.8 Å². The quantitative estimate of drug-likeness (QED) is 0.0373. The summed E-state index contributed by atoms with van der Waals surface area (Å²) in [5.41, 5.74) is 1.12. The van der Waals surface area contributed by atoms with Gasteiger partial charge in [-0.2, -0.15) is 26.3 Å². The molecule has 1 aliphatic carbocycles. The summed E-state index contributed by atoms with van der Waals surface area (Å²) in [6.45, 7) is 5.26. The normalized spacial score (nSPS) is 17.6. The molecule has 101 heavy (non-hydrogen) atoms. The number of piperidine rings is 2. The van der Waals surface area contributed by atoms with E-state index in [1.165, 1.54) is 29.2 Å². The molecule has 3 fully saturated rings. The zero-order valence-electron chi connectivity index (χ0n) is 57.0. The second kappa shape index (κ2) is 36.1. The average Bonchev–Trinajstić information content (AvgIpc) is 1.61. The molecule has 16 nitrogen and oxygen atoms in total. The van der Waals surface area contributed by atoms with Crippen LogP contribution in [-0.4, -0.2) is 183 Å². The van der Waals surface area contributed by atoms with Crippen LogP contribution in [0.15, 0.2) is 146 Å². The Morgan fingerprint density at radius 3 is 1.91 bits per heavy atom. The number of nitrogens with zero attached hydrogens (tertiary/aromatic N) is 7. The summed E-state index contributed by atoms with van der Waals surface area (Å²) in [5, 5.41) is 13.8. The molecule has 0 unspecified atom stereocenters. The van der Waals surface area contributed by atoms with Crippen molar-refractivity contribution in [3.63, 3.8) is 0 Å². The summed E-state index contributed by atoms with van der Waals surface area (Å²) in [7, 11) is 5.31. The Morgan fingerprint density at radius 2 is 1.25 bits per heavy atom. The first-order valence-corrected chi connectivity index (χ1v) is 33.8. The third-order valence-electron chi connectivity index (χ3n) is 20.1. The van der Waals surface area contributed by atoms with Crippen LogP contribution in [0.4, 0.5) is 46.9 Å². The number of hydrogen-bond acceptors (Lipinski definition) is 10. The highest BCUT2D eigenvalue weighted by Gasteiger charge is 2.50. The summed E-state index contributed by atoms with van der Waals surface area (Å²) in [5.74, 6) is -1.82. The summed E-state index contributed by atoms with van der Waals surface area (Å²) in [6, 6.07) is 39.1. The summed E-state index contributed by atoms with van der Waals surface area (Å²) in [4.78, 5) is 78.8. The lowest BCUT2D eigenvalue weighted by Gasteiger charge is -2.44. The van der Waals surface area contributed by atoms with Crippen molar-refractivity contribution in [3.8, 4) is 11.1 Å².